The Labute approximate surface area is 370 Å². The molecule has 344 valence electrons. The third-order valence-corrected chi connectivity index (χ3v) is 10.4. The molecule has 0 radical (unpaired) electrons. The molecule has 0 fully saturated rings. The lowest BCUT2D eigenvalue weighted by molar-refractivity contribution is -0.167. The predicted octanol–water partition coefficient (Wildman–Crippen LogP) is 16.3. The minimum absolute atomic E-state index is 0.0848. The van der Waals surface area contributed by atoms with Gasteiger partial charge in [-0.25, -0.2) is 0 Å². The summed E-state index contributed by atoms with van der Waals surface area (Å²) in [6.45, 7) is 6.40. The van der Waals surface area contributed by atoms with E-state index in [-0.39, 0.29) is 31.1 Å². The van der Waals surface area contributed by atoms with Crippen molar-refractivity contribution in [1.82, 2.24) is 0 Å². The highest BCUT2D eigenvalue weighted by Crippen LogP contribution is 2.14. The fourth-order valence-corrected chi connectivity index (χ4v) is 6.70. The number of esters is 3. The van der Waals surface area contributed by atoms with Crippen LogP contribution in [-0.2, 0) is 28.6 Å². The quantitative estimate of drug-likeness (QED) is 0.0263. The number of ether oxygens (including phenoxy) is 3. The molecule has 0 spiro atoms. The smallest absolute Gasteiger partial charge is 0.306 e. The van der Waals surface area contributed by atoms with Crippen LogP contribution in [0, 0.1) is 0 Å². The SMILES string of the molecule is CC/C=C\C/C=C\C/C=C\C/C=C\CCCCCCCCCCC(=O)OCC(COC(=O)CCCCCCC)OC(=O)CCCCCCC/C=C\C/C=C\CCCCCC. The number of carbonyl (C=O) groups is 3. The van der Waals surface area contributed by atoms with Crippen LogP contribution in [0.1, 0.15) is 233 Å². The van der Waals surface area contributed by atoms with Crippen molar-refractivity contribution in [2.24, 2.45) is 0 Å². The van der Waals surface area contributed by atoms with Gasteiger partial charge in [0.1, 0.15) is 13.2 Å². The van der Waals surface area contributed by atoms with Gasteiger partial charge < -0.3 is 14.2 Å². The molecule has 0 rings (SSSR count). The van der Waals surface area contributed by atoms with E-state index in [4.69, 9.17) is 14.2 Å². The Morgan fingerprint density at radius 1 is 0.350 bits per heavy atom. The Morgan fingerprint density at radius 2 is 0.650 bits per heavy atom. The molecule has 0 aliphatic carbocycles. The largest absolute Gasteiger partial charge is 0.462 e. The molecule has 1 atom stereocenters. The normalized spacial score (nSPS) is 12.7. The maximum atomic E-state index is 12.7. The second-order valence-electron chi connectivity index (χ2n) is 16.3. The van der Waals surface area contributed by atoms with Gasteiger partial charge >= 0.3 is 17.9 Å². The van der Waals surface area contributed by atoms with E-state index in [0.717, 1.165) is 122 Å². The fourth-order valence-electron chi connectivity index (χ4n) is 6.70. The van der Waals surface area contributed by atoms with Crippen LogP contribution in [-0.4, -0.2) is 37.2 Å². The van der Waals surface area contributed by atoms with Gasteiger partial charge in [0.2, 0.25) is 0 Å². The zero-order chi connectivity index (χ0) is 43.7. The topological polar surface area (TPSA) is 78.9 Å². The highest BCUT2D eigenvalue weighted by molar-refractivity contribution is 5.71. The van der Waals surface area contributed by atoms with E-state index >= 15 is 0 Å². The van der Waals surface area contributed by atoms with E-state index in [1.807, 2.05) is 0 Å². The highest BCUT2D eigenvalue weighted by Gasteiger charge is 2.19. The van der Waals surface area contributed by atoms with Crippen molar-refractivity contribution in [3.8, 4) is 0 Å². The lowest BCUT2D eigenvalue weighted by Crippen LogP contribution is -2.30. The number of hydrogen-bond acceptors (Lipinski definition) is 6. The van der Waals surface area contributed by atoms with Gasteiger partial charge in [0, 0.05) is 19.3 Å². The molecular weight excluding hydrogens is 745 g/mol. The van der Waals surface area contributed by atoms with Crippen molar-refractivity contribution >= 4 is 17.9 Å². The summed E-state index contributed by atoms with van der Waals surface area (Å²) in [6.07, 6.45) is 60.6. The summed E-state index contributed by atoms with van der Waals surface area (Å²) in [7, 11) is 0. The highest BCUT2D eigenvalue weighted by atomic mass is 16.6. The summed E-state index contributed by atoms with van der Waals surface area (Å²) in [4.78, 5) is 37.6. The van der Waals surface area contributed by atoms with Crippen LogP contribution in [0.3, 0.4) is 0 Å². The maximum absolute atomic E-state index is 12.7. The predicted molar refractivity (Wildman–Crippen MR) is 256 cm³/mol. The standard InChI is InChI=1S/C54H92O6/c1-4-7-10-13-15-17-19-21-23-25-26-27-28-29-31-32-34-36-38-41-44-47-53(56)59-50-51(49-58-52(55)46-43-40-12-9-6-3)60-54(57)48-45-42-39-37-35-33-30-24-22-20-18-16-14-11-8-5-2/h7,10,15,17-18,20-21,23-24,26-27,30,51H,4-6,8-9,11-14,16,19,22,25,28-29,31-50H2,1-3H3/b10-7-,17-15-,20-18-,23-21-,27-26-,30-24-. The van der Waals surface area contributed by atoms with Crippen molar-refractivity contribution in [2.75, 3.05) is 13.2 Å². The molecule has 1 unspecified atom stereocenters. The van der Waals surface area contributed by atoms with Crippen molar-refractivity contribution < 1.29 is 28.6 Å². The first kappa shape index (κ1) is 56.9. The first-order chi connectivity index (χ1) is 29.5. The van der Waals surface area contributed by atoms with Gasteiger partial charge in [-0.2, -0.15) is 0 Å². The van der Waals surface area contributed by atoms with Crippen LogP contribution in [0.25, 0.3) is 0 Å². The molecule has 0 N–H and O–H groups in total. The molecule has 6 nitrogen and oxygen atoms in total. The monoisotopic (exact) mass is 837 g/mol. The zero-order valence-corrected chi connectivity index (χ0v) is 39.2. The number of hydrogen-bond donors (Lipinski definition) is 0. The Kier molecular flexibility index (Phi) is 46.0. The molecule has 6 heteroatoms. The number of unbranched alkanes of at least 4 members (excludes halogenated alkanes) is 21. The Balaban J connectivity index is 4.21. The molecule has 0 bridgehead atoms. The molecule has 0 aromatic carbocycles. The van der Waals surface area contributed by atoms with Gasteiger partial charge in [0.25, 0.3) is 0 Å². The van der Waals surface area contributed by atoms with Crippen LogP contribution >= 0.6 is 0 Å². The Hall–Kier alpha value is -3.15. The third kappa shape index (κ3) is 45.9. The van der Waals surface area contributed by atoms with E-state index in [2.05, 4.69) is 93.7 Å². The molecule has 60 heavy (non-hydrogen) atoms. The number of allylic oxidation sites excluding steroid dienone is 12. The lowest BCUT2D eigenvalue weighted by atomic mass is 10.1. The summed E-state index contributed by atoms with van der Waals surface area (Å²) in [5.74, 6) is -0.921. The Bertz CT molecular complexity index is 1140. The molecular formula is C54H92O6. The maximum Gasteiger partial charge on any atom is 0.306 e. The van der Waals surface area contributed by atoms with Crippen LogP contribution in [0.15, 0.2) is 72.9 Å². The van der Waals surface area contributed by atoms with E-state index in [0.29, 0.717) is 19.3 Å². The molecule has 0 aromatic heterocycles. The van der Waals surface area contributed by atoms with Crippen LogP contribution in [0.2, 0.25) is 0 Å². The zero-order valence-electron chi connectivity index (χ0n) is 39.2. The summed E-state index contributed by atoms with van der Waals surface area (Å²) >= 11 is 0. The van der Waals surface area contributed by atoms with Crippen molar-refractivity contribution in [3.63, 3.8) is 0 Å². The van der Waals surface area contributed by atoms with Gasteiger partial charge in [-0.1, -0.05) is 196 Å². The van der Waals surface area contributed by atoms with Crippen LogP contribution in [0.5, 0.6) is 0 Å². The fraction of sp³-hybridized carbons (Fsp3) is 0.722. The average molecular weight is 837 g/mol. The van der Waals surface area contributed by atoms with Gasteiger partial charge in [0.05, 0.1) is 0 Å². The van der Waals surface area contributed by atoms with Crippen LogP contribution < -0.4 is 0 Å². The van der Waals surface area contributed by atoms with Crippen molar-refractivity contribution in [1.29, 1.82) is 0 Å². The first-order valence-electron chi connectivity index (χ1n) is 24.9. The second kappa shape index (κ2) is 48.5. The average Bonchev–Trinajstić information content (AvgIpc) is 3.24. The second-order valence-corrected chi connectivity index (χ2v) is 16.3. The molecule has 0 aliphatic rings. The molecule has 0 heterocycles. The van der Waals surface area contributed by atoms with Gasteiger partial charge in [-0.05, 0) is 89.9 Å². The summed E-state index contributed by atoms with van der Waals surface area (Å²) < 4.78 is 16.6. The minimum atomic E-state index is -0.781. The van der Waals surface area contributed by atoms with E-state index < -0.39 is 6.10 Å². The lowest BCUT2D eigenvalue weighted by Gasteiger charge is -2.18. The molecule has 0 amide bonds. The third-order valence-electron chi connectivity index (χ3n) is 10.4. The molecule has 0 saturated heterocycles. The van der Waals surface area contributed by atoms with Crippen LogP contribution in [0.4, 0.5) is 0 Å². The summed E-state index contributed by atoms with van der Waals surface area (Å²) in [6, 6.07) is 0. The molecule has 0 aliphatic heterocycles. The van der Waals surface area contributed by atoms with E-state index in [1.54, 1.807) is 0 Å². The van der Waals surface area contributed by atoms with Gasteiger partial charge in [-0.15, -0.1) is 0 Å². The Morgan fingerprint density at radius 3 is 1.03 bits per heavy atom. The van der Waals surface area contributed by atoms with E-state index in [9.17, 15) is 14.4 Å². The first-order valence-corrected chi connectivity index (χ1v) is 24.9. The summed E-state index contributed by atoms with van der Waals surface area (Å²) in [5, 5.41) is 0. The number of rotatable bonds is 44. The minimum Gasteiger partial charge on any atom is -0.462 e. The van der Waals surface area contributed by atoms with Crippen molar-refractivity contribution in [3.05, 3.63) is 72.9 Å². The van der Waals surface area contributed by atoms with Crippen molar-refractivity contribution in [2.45, 2.75) is 239 Å². The van der Waals surface area contributed by atoms with Gasteiger partial charge in [-0.3, -0.25) is 14.4 Å². The molecule has 0 saturated carbocycles. The molecule has 0 aromatic rings. The summed E-state index contributed by atoms with van der Waals surface area (Å²) in [5.41, 5.74) is 0. The van der Waals surface area contributed by atoms with E-state index in [1.165, 1.54) is 70.6 Å². The van der Waals surface area contributed by atoms with Gasteiger partial charge in [0.15, 0.2) is 6.10 Å². The number of carbonyl (C=O) groups excluding carboxylic acids is 3.